The highest BCUT2D eigenvalue weighted by Gasteiger charge is 2.48. The van der Waals surface area contributed by atoms with Gasteiger partial charge in [-0.05, 0) is 61.7 Å². The Morgan fingerprint density at radius 1 is 1.08 bits per heavy atom. The Morgan fingerprint density at radius 3 is 2.35 bits per heavy atom. The number of alkyl halides is 2. The zero-order chi connectivity index (χ0) is 26.9. The molecule has 2 saturated heterocycles. The van der Waals surface area contributed by atoms with E-state index in [-0.39, 0.29) is 30.5 Å². The molecule has 7 nitrogen and oxygen atoms in total. The summed E-state index contributed by atoms with van der Waals surface area (Å²) in [4.78, 5) is 25.8. The second-order valence-corrected chi connectivity index (χ2v) is 9.19. The molecule has 0 spiro atoms. The molecular formula is C26H27F4N3O4. The highest BCUT2D eigenvalue weighted by atomic mass is 19.3. The number of hydrogen-bond donors (Lipinski definition) is 2. The molecule has 1 unspecified atom stereocenters. The van der Waals surface area contributed by atoms with Crippen LogP contribution in [0.25, 0.3) is 0 Å². The molecule has 0 saturated carbocycles. The van der Waals surface area contributed by atoms with E-state index in [2.05, 4.69) is 21.9 Å². The Kier molecular flexibility index (Phi) is 7.44. The first-order chi connectivity index (χ1) is 17.5. The van der Waals surface area contributed by atoms with Crippen molar-refractivity contribution in [1.29, 1.82) is 0 Å². The van der Waals surface area contributed by atoms with Crippen molar-refractivity contribution in [2.45, 2.75) is 43.8 Å². The van der Waals surface area contributed by atoms with E-state index in [1.165, 1.54) is 37.1 Å². The summed E-state index contributed by atoms with van der Waals surface area (Å²) in [6, 6.07) is 5.24. The number of fused-ring (bicyclic) bond motifs is 2. The van der Waals surface area contributed by atoms with Gasteiger partial charge in [0.1, 0.15) is 11.6 Å². The molecule has 0 aromatic heterocycles. The third-order valence-corrected chi connectivity index (χ3v) is 6.68. The summed E-state index contributed by atoms with van der Waals surface area (Å²) in [5.41, 5.74) is -1.25. The number of morpholine rings is 1. The lowest BCUT2D eigenvalue weighted by Crippen LogP contribution is -2.61. The number of aryl methyl sites for hydroxylation is 1. The number of rotatable bonds is 6. The maximum atomic E-state index is 15.7. The Labute approximate surface area is 211 Å². The van der Waals surface area contributed by atoms with Crippen molar-refractivity contribution in [3.05, 3.63) is 77.0 Å². The lowest BCUT2D eigenvalue weighted by Gasteiger charge is -2.51. The van der Waals surface area contributed by atoms with Crippen LogP contribution in [0.15, 0.2) is 48.7 Å². The summed E-state index contributed by atoms with van der Waals surface area (Å²) >= 11 is 0. The van der Waals surface area contributed by atoms with Gasteiger partial charge in [-0.25, -0.2) is 13.6 Å². The van der Waals surface area contributed by atoms with E-state index in [4.69, 9.17) is 4.74 Å². The molecule has 11 heteroatoms. The molecule has 2 aromatic carbocycles. The summed E-state index contributed by atoms with van der Waals surface area (Å²) in [5.74, 6) is -6.25. The number of nitrogens with one attached hydrogen (secondary N) is 2. The van der Waals surface area contributed by atoms with E-state index in [0.717, 1.165) is 18.2 Å². The van der Waals surface area contributed by atoms with Gasteiger partial charge in [0, 0.05) is 17.3 Å². The van der Waals surface area contributed by atoms with Crippen molar-refractivity contribution in [3.63, 3.8) is 0 Å². The summed E-state index contributed by atoms with van der Waals surface area (Å²) < 4.78 is 69.9. The number of anilines is 1. The van der Waals surface area contributed by atoms with Crippen LogP contribution in [0, 0.1) is 18.6 Å². The predicted molar refractivity (Wildman–Crippen MR) is 127 cm³/mol. The predicted octanol–water partition coefficient (Wildman–Crippen LogP) is 4.72. The van der Waals surface area contributed by atoms with Crippen LogP contribution in [-0.4, -0.2) is 55.3 Å². The molecule has 4 rings (SSSR count). The number of hydrogen-bond acceptors (Lipinski definition) is 5. The molecule has 2 bridgehead atoms. The molecule has 2 fully saturated rings. The smallest absolute Gasteiger partial charge is 0.407 e. The second-order valence-electron chi connectivity index (χ2n) is 9.19. The number of halogens is 4. The lowest BCUT2D eigenvalue weighted by molar-refractivity contribution is -0.0956. The number of carbonyl (C=O) groups is 2. The highest BCUT2D eigenvalue weighted by molar-refractivity contribution is 6.04. The fourth-order valence-electron chi connectivity index (χ4n) is 4.85. The first-order valence-electron chi connectivity index (χ1n) is 11.7. The van der Waals surface area contributed by atoms with Gasteiger partial charge in [-0.2, -0.15) is 8.78 Å². The molecular weight excluding hydrogens is 494 g/mol. The number of amides is 2. The average molecular weight is 522 g/mol. The standard InChI is InChI=1S/C26H27F4N3O4/c1-14-8-17(5-7-22(14)27)31-24(34)16-4-6-23(28)21(9-16)26(29,30)15(2)33-19-10-18(32-25(35)36-3)11-20(33)13-37-12-19/h4-9,18-20H,2,10-13H2,1,3H3,(H,31,34)(H,32,35)/t18?,19-,20+. The zero-order valence-corrected chi connectivity index (χ0v) is 20.3. The largest absolute Gasteiger partial charge is 0.453 e. The zero-order valence-electron chi connectivity index (χ0n) is 20.3. The molecule has 3 atom stereocenters. The number of allylic oxidation sites excluding steroid dienone is 1. The van der Waals surface area contributed by atoms with E-state index < -0.39 is 52.9 Å². The van der Waals surface area contributed by atoms with Crippen molar-refractivity contribution in [2.24, 2.45) is 0 Å². The van der Waals surface area contributed by atoms with Gasteiger partial charge in [0.05, 0.1) is 43.7 Å². The first kappa shape index (κ1) is 26.5. The van der Waals surface area contributed by atoms with Crippen LogP contribution >= 0.6 is 0 Å². The highest BCUT2D eigenvalue weighted by Crippen LogP contribution is 2.43. The fraction of sp³-hybridized carbons (Fsp3) is 0.385. The number of methoxy groups -OCH3 is 1. The van der Waals surface area contributed by atoms with Crippen molar-refractivity contribution >= 4 is 17.7 Å². The van der Waals surface area contributed by atoms with Gasteiger partial charge in [-0.15, -0.1) is 0 Å². The van der Waals surface area contributed by atoms with Crippen LogP contribution in [0.5, 0.6) is 0 Å². The molecule has 198 valence electrons. The molecule has 2 heterocycles. The van der Waals surface area contributed by atoms with Gasteiger partial charge in [-0.1, -0.05) is 6.58 Å². The van der Waals surface area contributed by atoms with Gasteiger partial charge in [0.15, 0.2) is 0 Å². The second kappa shape index (κ2) is 10.4. The number of benzene rings is 2. The Bertz CT molecular complexity index is 1210. The maximum absolute atomic E-state index is 15.7. The lowest BCUT2D eigenvalue weighted by atomic mass is 9.88. The summed E-state index contributed by atoms with van der Waals surface area (Å²) in [5, 5.41) is 5.20. The number of nitrogens with zero attached hydrogens (tertiary/aromatic N) is 1. The molecule has 2 aliphatic heterocycles. The number of ether oxygens (including phenoxy) is 2. The van der Waals surface area contributed by atoms with Gasteiger partial charge in [0.2, 0.25) is 0 Å². The van der Waals surface area contributed by atoms with E-state index in [9.17, 15) is 18.4 Å². The molecule has 2 aliphatic rings. The Balaban J connectivity index is 1.56. The van der Waals surface area contributed by atoms with E-state index in [1.54, 1.807) is 0 Å². The molecule has 0 aliphatic carbocycles. The molecule has 2 N–H and O–H groups in total. The molecule has 37 heavy (non-hydrogen) atoms. The molecule has 2 amide bonds. The Morgan fingerprint density at radius 2 is 1.73 bits per heavy atom. The number of piperidine rings is 1. The number of carbonyl (C=O) groups excluding carboxylic acids is 2. The normalized spacial score (nSPS) is 21.2. The maximum Gasteiger partial charge on any atom is 0.407 e. The summed E-state index contributed by atoms with van der Waals surface area (Å²) in [6.45, 7) is 5.40. The molecule has 2 aromatic rings. The monoisotopic (exact) mass is 521 g/mol. The first-order valence-corrected chi connectivity index (χ1v) is 11.7. The van der Waals surface area contributed by atoms with Crippen LogP contribution in [-0.2, 0) is 15.4 Å². The minimum absolute atomic E-state index is 0.132. The SMILES string of the molecule is C=C(N1[C@@H]2COC[C@H]1CC(NC(=O)OC)C2)C(F)(F)c1cc(C(=O)Nc2ccc(F)c(C)c2)ccc1F. The van der Waals surface area contributed by atoms with E-state index >= 15 is 8.78 Å². The molecule has 0 radical (unpaired) electrons. The quantitative estimate of drug-likeness (QED) is 0.538. The minimum Gasteiger partial charge on any atom is -0.453 e. The van der Waals surface area contributed by atoms with Crippen molar-refractivity contribution < 1.29 is 36.6 Å². The van der Waals surface area contributed by atoms with E-state index in [0.29, 0.717) is 18.4 Å². The van der Waals surface area contributed by atoms with Crippen LogP contribution in [0.3, 0.4) is 0 Å². The third kappa shape index (κ3) is 5.41. The topological polar surface area (TPSA) is 79.9 Å². The van der Waals surface area contributed by atoms with Crippen LogP contribution in [0.4, 0.5) is 28.0 Å². The third-order valence-electron chi connectivity index (χ3n) is 6.68. The fourth-order valence-corrected chi connectivity index (χ4v) is 4.85. The van der Waals surface area contributed by atoms with Crippen molar-refractivity contribution in [2.75, 3.05) is 25.6 Å². The van der Waals surface area contributed by atoms with Crippen LogP contribution in [0.1, 0.15) is 34.3 Å². The van der Waals surface area contributed by atoms with Gasteiger partial charge < -0.3 is 25.0 Å². The Hall–Kier alpha value is -3.60. The van der Waals surface area contributed by atoms with Gasteiger partial charge >= 0.3 is 12.0 Å². The van der Waals surface area contributed by atoms with Crippen molar-refractivity contribution in [1.82, 2.24) is 10.2 Å². The summed E-state index contributed by atoms with van der Waals surface area (Å²) in [6.07, 6.45) is 0.000348. The average Bonchev–Trinajstić information content (AvgIpc) is 2.85. The van der Waals surface area contributed by atoms with Gasteiger partial charge in [0.25, 0.3) is 5.91 Å². The van der Waals surface area contributed by atoms with Crippen LogP contribution in [0.2, 0.25) is 0 Å². The van der Waals surface area contributed by atoms with Crippen LogP contribution < -0.4 is 10.6 Å². The van der Waals surface area contributed by atoms with Gasteiger partial charge in [-0.3, -0.25) is 4.79 Å². The number of alkyl carbamates (subject to hydrolysis) is 1. The minimum atomic E-state index is -3.84. The van der Waals surface area contributed by atoms with Crippen molar-refractivity contribution in [3.8, 4) is 0 Å². The summed E-state index contributed by atoms with van der Waals surface area (Å²) in [7, 11) is 1.24. The van der Waals surface area contributed by atoms with E-state index in [1.807, 2.05) is 0 Å².